The van der Waals surface area contributed by atoms with E-state index in [1.165, 1.54) is 44.6 Å². The Hall–Kier alpha value is -4.03. The molecule has 3 aromatic rings. The van der Waals surface area contributed by atoms with Crippen molar-refractivity contribution in [2.24, 2.45) is 5.92 Å². The lowest BCUT2D eigenvalue weighted by molar-refractivity contribution is -0.605. The van der Waals surface area contributed by atoms with Crippen LogP contribution >= 0.6 is 23.2 Å². The molecule has 10 nitrogen and oxygen atoms in total. The predicted molar refractivity (Wildman–Crippen MR) is 149 cm³/mol. The fourth-order valence-corrected chi connectivity index (χ4v) is 4.59. The van der Waals surface area contributed by atoms with E-state index in [1.54, 1.807) is 6.07 Å². The molecule has 0 aliphatic heterocycles. The lowest BCUT2D eigenvalue weighted by Crippen LogP contribution is -2.26. The summed E-state index contributed by atoms with van der Waals surface area (Å²) in [4.78, 5) is 25.6. The number of hydrogen-bond acceptors (Lipinski definition) is 9. The molecule has 0 radical (unpaired) electrons. The van der Waals surface area contributed by atoms with E-state index < -0.39 is 31.1 Å². The molecule has 14 heteroatoms. The van der Waals surface area contributed by atoms with Crippen molar-refractivity contribution in [2.75, 3.05) is 20.8 Å². The molecular weight excluding hydrogens is 615 g/mol. The molecule has 1 heterocycles. The van der Waals surface area contributed by atoms with Crippen LogP contribution in [-0.4, -0.2) is 39.4 Å². The van der Waals surface area contributed by atoms with Crippen LogP contribution in [0.1, 0.15) is 36.5 Å². The highest BCUT2D eigenvalue weighted by atomic mass is 35.5. The summed E-state index contributed by atoms with van der Waals surface area (Å²) in [5, 5.41) is 11.8. The minimum atomic E-state index is -3.10. The standard InChI is InChI=1S/C29H27Cl2F2NO9/c1-38-18-8-19(39-2)10-20(9-18)41-27(35)12-28(36)42-25(11-21-22(30)13-34(37)14-23(21)31)17-5-6-24(43-29(32)33)26(7-17)40-15-16-3-4-16/h5-10,13-14,16,25,29H,3-4,11-12,15H2,1-2H3. The van der Waals surface area contributed by atoms with E-state index in [-0.39, 0.29) is 45.9 Å². The monoisotopic (exact) mass is 641 g/mol. The number of halogens is 4. The summed E-state index contributed by atoms with van der Waals surface area (Å²) < 4.78 is 58.1. The van der Waals surface area contributed by atoms with Crippen LogP contribution in [0.25, 0.3) is 0 Å². The Kier molecular flexibility index (Phi) is 10.7. The second kappa shape index (κ2) is 14.4. The molecule has 43 heavy (non-hydrogen) atoms. The average Bonchev–Trinajstić information content (AvgIpc) is 3.77. The van der Waals surface area contributed by atoms with Gasteiger partial charge in [0, 0.05) is 30.2 Å². The third kappa shape index (κ3) is 9.23. The van der Waals surface area contributed by atoms with Crippen molar-refractivity contribution in [1.29, 1.82) is 0 Å². The number of aromatic nitrogens is 1. The van der Waals surface area contributed by atoms with Gasteiger partial charge in [-0.2, -0.15) is 13.5 Å². The van der Waals surface area contributed by atoms with Gasteiger partial charge in [0.25, 0.3) is 0 Å². The van der Waals surface area contributed by atoms with Gasteiger partial charge in [0.15, 0.2) is 23.9 Å². The second-order valence-corrected chi connectivity index (χ2v) is 10.3. The topological polar surface area (TPSA) is 116 Å². The maximum Gasteiger partial charge on any atom is 0.387 e. The number of pyridine rings is 1. The number of rotatable bonds is 14. The molecule has 1 atom stereocenters. The van der Waals surface area contributed by atoms with E-state index in [1.807, 2.05) is 0 Å². The van der Waals surface area contributed by atoms with Gasteiger partial charge in [0.05, 0.1) is 20.8 Å². The Morgan fingerprint density at radius 2 is 1.58 bits per heavy atom. The van der Waals surface area contributed by atoms with E-state index in [4.69, 9.17) is 46.9 Å². The number of methoxy groups -OCH3 is 2. The molecule has 0 N–H and O–H groups in total. The van der Waals surface area contributed by atoms with Crippen molar-refractivity contribution in [1.82, 2.24) is 0 Å². The number of ether oxygens (including phenoxy) is 6. The minimum absolute atomic E-state index is 0.00204. The molecule has 1 unspecified atom stereocenters. The third-order valence-electron chi connectivity index (χ3n) is 6.29. The predicted octanol–water partition coefficient (Wildman–Crippen LogP) is 5.86. The summed E-state index contributed by atoms with van der Waals surface area (Å²) in [5.41, 5.74) is 0.574. The van der Waals surface area contributed by atoms with Gasteiger partial charge >= 0.3 is 18.6 Å². The molecule has 230 valence electrons. The zero-order valence-corrected chi connectivity index (χ0v) is 24.5. The van der Waals surface area contributed by atoms with Gasteiger partial charge in [-0.3, -0.25) is 9.59 Å². The van der Waals surface area contributed by atoms with Crippen LogP contribution in [0.5, 0.6) is 28.7 Å². The molecule has 1 aliphatic carbocycles. The van der Waals surface area contributed by atoms with Gasteiger partial charge in [-0.15, -0.1) is 0 Å². The first-order valence-corrected chi connectivity index (χ1v) is 13.7. The van der Waals surface area contributed by atoms with Crippen molar-refractivity contribution in [3.05, 3.63) is 75.2 Å². The summed E-state index contributed by atoms with van der Waals surface area (Å²) in [6, 6.07) is 8.50. The Labute approximate surface area is 255 Å². The van der Waals surface area contributed by atoms with Gasteiger partial charge in [-0.1, -0.05) is 29.3 Å². The summed E-state index contributed by atoms with van der Waals surface area (Å²) in [5.74, 6) is -1.000. The number of esters is 2. The first-order valence-electron chi connectivity index (χ1n) is 13.0. The van der Waals surface area contributed by atoms with Crippen LogP contribution in [0, 0.1) is 11.1 Å². The van der Waals surface area contributed by atoms with Crippen LogP contribution in [0.4, 0.5) is 8.78 Å². The zero-order chi connectivity index (χ0) is 31.1. The molecule has 0 spiro atoms. The van der Waals surface area contributed by atoms with Gasteiger partial charge in [-0.25, -0.2) is 0 Å². The van der Waals surface area contributed by atoms with Gasteiger partial charge < -0.3 is 33.6 Å². The summed E-state index contributed by atoms with van der Waals surface area (Å²) in [6.07, 6.45) is 1.99. The number of nitrogens with zero attached hydrogens (tertiary/aromatic N) is 1. The van der Waals surface area contributed by atoms with Crippen LogP contribution in [0.15, 0.2) is 48.8 Å². The van der Waals surface area contributed by atoms with E-state index in [0.29, 0.717) is 27.7 Å². The van der Waals surface area contributed by atoms with Crippen LogP contribution in [-0.2, 0) is 20.7 Å². The molecule has 0 amide bonds. The number of carbonyl (C=O) groups excluding carboxylic acids is 2. The van der Waals surface area contributed by atoms with E-state index in [9.17, 15) is 23.6 Å². The van der Waals surface area contributed by atoms with Gasteiger partial charge in [0.1, 0.15) is 39.8 Å². The summed E-state index contributed by atoms with van der Waals surface area (Å²) >= 11 is 12.5. The van der Waals surface area contributed by atoms with Crippen molar-refractivity contribution < 1.29 is 51.5 Å². The molecule has 4 rings (SSSR count). The Morgan fingerprint density at radius 3 is 2.16 bits per heavy atom. The lowest BCUT2D eigenvalue weighted by atomic mass is 10.0. The maximum absolute atomic E-state index is 13.1. The quantitative estimate of drug-likeness (QED) is 0.0701. The van der Waals surface area contributed by atoms with E-state index in [2.05, 4.69) is 4.74 Å². The maximum atomic E-state index is 13.1. The smallest absolute Gasteiger partial charge is 0.387 e. The normalized spacial score (nSPS) is 13.3. The molecule has 0 saturated heterocycles. The lowest BCUT2D eigenvalue weighted by Gasteiger charge is -2.21. The van der Waals surface area contributed by atoms with Crippen molar-refractivity contribution in [3.8, 4) is 28.7 Å². The highest BCUT2D eigenvalue weighted by molar-refractivity contribution is 6.35. The first kappa shape index (κ1) is 31.9. The molecule has 1 saturated carbocycles. The minimum Gasteiger partial charge on any atom is -0.619 e. The fourth-order valence-electron chi connectivity index (χ4n) is 3.99. The molecule has 1 aromatic heterocycles. The zero-order valence-electron chi connectivity index (χ0n) is 23.0. The Bertz CT molecular complexity index is 1420. The molecule has 0 bridgehead atoms. The van der Waals surface area contributed by atoms with Gasteiger partial charge in [-0.05, 0) is 36.5 Å². The molecule has 1 aliphatic rings. The van der Waals surface area contributed by atoms with Crippen molar-refractivity contribution in [2.45, 2.75) is 38.4 Å². The van der Waals surface area contributed by atoms with Crippen LogP contribution in [0.3, 0.4) is 0 Å². The summed E-state index contributed by atoms with van der Waals surface area (Å²) in [6.45, 7) is -2.81. The number of benzene rings is 2. The summed E-state index contributed by atoms with van der Waals surface area (Å²) in [7, 11) is 2.85. The fraction of sp³-hybridized carbons (Fsp3) is 0.345. The van der Waals surface area contributed by atoms with Gasteiger partial charge in [0.2, 0.25) is 0 Å². The second-order valence-electron chi connectivity index (χ2n) is 9.51. The van der Waals surface area contributed by atoms with Crippen LogP contribution in [0.2, 0.25) is 10.0 Å². The SMILES string of the molecule is COc1cc(OC)cc(OC(=O)CC(=O)OC(Cc2c(Cl)c[n+]([O-])cc2Cl)c2ccc(OC(F)F)c(OCC3CC3)c2)c1. The Balaban J connectivity index is 1.58. The Morgan fingerprint density at radius 1 is 0.953 bits per heavy atom. The van der Waals surface area contributed by atoms with E-state index >= 15 is 0 Å². The van der Waals surface area contributed by atoms with E-state index in [0.717, 1.165) is 25.2 Å². The van der Waals surface area contributed by atoms with Crippen molar-refractivity contribution in [3.63, 3.8) is 0 Å². The van der Waals surface area contributed by atoms with Crippen LogP contribution < -0.4 is 28.4 Å². The van der Waals surface area contributed by atoms with Crippen molar-refractivity contribution >= 4 is 35.1 Å². The molecular formula is C29H27Cl2F2NO9. The highest BCUT2D eigenvalue weighted by Crippen LogP contribution is 2.38. The average molecular weight is 642 g/mol. The molecule has 2 aromatic carbocycles. The largest absolute Gasteiger partial charge is 0.619 e. The number of hydrogen-bond donors (Lipinski definition) is 0. The highest BCUT2D eigenvalue weighted by Gasteiger charge is 2.27. The third-order valence-corrected chi connectivity index (χ3v) is 6.94. The number of alkyl halides is 2. The molecule has 1 fully saturated rings. The first-order chi connectivity index (χ1) is 20.5. The number of carbonyl (C=O) groups is 2.